The summed E-state index contributed by atoms with van der Waals surface area (Å²) in [4.78, 5) is 15.6. The van der Waals surface area contributed by atoms with Crippen molar-refractivity contribution in [2.75, 3.05) is 17.0 Å². The van der Waals surface area contributed by atoms with Crippen molar-refractivity contribution in [3.63, 3.8) is 0 Å². The Balaban J connectivity index is 2.27. The number of hydrazine groups is 1. The monoisotopic (exact) mass is 291 g/mol. The molecule has 2 aromatic rings. The van der Waals surface area contributed by atoms with Gasteiger partial charge in [0.15, 0.2) is 0 Å². The molecule has 0 amide bonds. The number of nitro groups is 1. The summed E-state index contributed by atoms with van der Waals surface area (Å²) >= 11 is 1.64. The van der Waals surface area contributed by atoms with Crippen LogP contribution in [0.15, 0.2) is 41.3 Å². The lowest BCUT2D eigenvalue weighted by Crippen LogP contribution is -2.10. The number of nitrogens with two attached hydrogens (primary N) is 1. The minimum absolute atomic E-state index is 0.0869. The maximum Gasteiger partial charge on any atom is 0.276 e. The number of hydrogen-bond acceptors (Lipinski definition) is 7. The average Bonchev–Trinajstić information content (AvgIpc) is 2.47. The molecule has 20 heavy (non-hydrogen) atoms. The molecule has 0 saturated heterocycles. The lowest BCUT2D eigenvalue weighted by molar-refractivity contribution is -0.384. The van der Waals surface area contributed by atoms with Crippen molar-refractivity contribution in [2.45, 2.75) is 4.90 Å². The van der Waals surface area contributed by atoms with E-state index in [0.29, 0.717) is 5.82 Å². The van der Waals surface area contributed by atoms with Crippen LogP contribution in [0.4, 0.5) is 23.0 Å². The fourth-order valence-electron chi connectivity index (χ4n) is 1.58. The SMILES string of the molecule is CSc1ccc(Nc2cc([N+](=O)[O-])cc(NN)n2)cc1. The standard InChI is InChI=1S/C12H13N5O2S/c1-20-10-4-2-8(3-5-10)14-11-6-9(17(18)19)7-12(15-11)16-13/h2-7H,13H2,1H3,(H2,14,15,16). The number of anilines is 3. The van der Waals surface area contributed by atoms with Gasteiger partial charge in [0.1, 0.15) is 11.6 Å². The van der Waals surface area contributed by atoms with Crippen LogP contribution in [-0.4, -0.2) is 16.2 Å². The molecule has 1 aromatic carbocycles. The molecule has 104 valence electrons. The highest BCUT2D eigenvalue weighted by molar-refractivity contribution is 7.98. The van der Waals surface area contributed by atoms with E-state index in [0.717, 1.165) is 10.6 Å². The minimum atomic E-state index is -0.496. The molecular formula is C12H13N5O2S. The van der Waals surface area contributed by atoms with E-state index in [1.807, 2.05) is 30.5 Å². The van der Waals surface area contributed by atoms with Gasteiger partial charge in [-0.05, 0) is 30.5 Å². The van der Waals surface area contributed by atoms with Gasteiger partial charge >= 0.3 is 0 Å². The summed E-state index contributed by atoms with van der Waals surface area (Å²) in [5, 5.41) is 13.8. The number of hydrogen-bond donors (Lipinski definition) is 3. The molecule has 2 rings (SSSR count). The molecule has 0 unspecified atom stereocenters. The second kappa shape index (κ2) is 6.22. The Hall–Kier alpha value is -2.32. The van der Waals surface area contributed by atoms with Crippen molar-refractivity contribution in [3.8, 4) is 0 Å². The quantitative estimate of drug-likeness (QED) is 0.336. The fourth-order valence-corrected chi connectivity index (χ4v) is 1.99. The van der Waals surface area contributed by atoms with Gasteiger partial charge in [-0.1, -0.05) is 0 Å². The summed E-state index contributed by atoms with van der Waals surface area (Å²) in [6.45, 7) is 0. The summed E-state index contributed by atoms with van der Waals surface area (Å²) in [7, 11) is 0. The molecule has 4 N–H and O–H groups in total. The Bertz CT molecular complexity index is 618. The summed E-state index contributed by atoms with van der Waals surface area (Å²) < 4.78 is 0. The molecule has 8 heteroatoms. The van der Waals surface area contributed by atoms with Crippen LogP contribution in [0.25, 0.3) is 0 Å². The van der Waals surface area contributed by atoms with E-state index in [1.165, 1.54) is 12.1 Å². The number of nitrogens with one attached hydrogen (secondary N) is 2. The topological polar surface area (TPSA) is 106 Å². The van der Waals surface area contributed by atoms with E-state index in [2.05, 4.69) is 15.7 Å². The van der Waals surface area contributed by atoms with Crippen molar-refractivity contribution >= 4 is 34.8 Å². The highest BCUT2D eigenvalue weighted by atomic mass is 32.2. The molecule has 0 bridgehead atoms. The third kappa shape index (κ3) is 3.37. The van der Waals surface area contributed by atoms with E-state index >= 15 is 0 Å². The molecule has 0 aliphatic rings. The third-order valence-electron chi connectivity index (χ3n) is 2.53. The number of benzene rings is 1. The normalized spacial score (nSPS) is 10.1. The van der Waals surface area contributed by atoms with Crippen LogP contribution in [0.3, 0.4) is 0 Å². The Labute approximate surface area is 119 Å². The maximum atomic E-state index is 10.8. The van der Waals surface area contributed by atoms with Crippen LogP contribution in [0.2, 0.25) is 0 Å². The molecule has 0 aliphatic heterocycles. The second-order valence-corrected chi connectivity index (χ2v) is 4.73. The largest absolute Gasteiger partial charge is 0.340 e. The van der Waals surface area contributed by atoms with Gasteiger partial charge < -0.3 is 10.7 Å². The summed E-state index contributed by atoms with van der Waals surface area (Å²) in [6, 6.07) is 10.3. The molecule has 0 fully saturated rings. The fraction of sp³-hybridized carbons (Fsp3) is 0.0833. The van der Waals surface area contributed by atoms with Crippen LogP contribution in [-0.2, 0) is 0 Å². The Morgan fingerprint density at radius 3 is 2.45 bits per heavy atom. The van der Waals surface area contributed by atoms with Gasteiger partial charge in [-0.25, -0.2) is 10.8 Å². The predicted molar refractivity (Wildman–Crippen MR) is 80.2 cm³/mol. The van der Waals surface area contributed by atoms with Crippen LogP contribution in [0.5, 0.6) is 0 Å². The van der Waals surface area contributed by atoms with E-state index in [-0.39, 0.29) is 11.5 Å². The molecule has 0 saturated carbocycles. The van der Waals surface area contributed by atoms with E-state index in [4.69, 9.17) is 5.84 Å². The highest BCUT2D eigenvalue weighted by Gasteiger charge is 2.10. The molecule has 0 atom stereocenters. The summed E-state index contributed by atoms with van der Waals surface area (Å²) in [5.74, 6) is 5.83. The van der Waals surface area contributed by atoms with E-state index in [9.17, 15) is 10.1 Å². The van der Waals surface area contributed by atoms with Gasteiger partial charge in [-0.2, -0.15) is 0 Å². The smallest absolute Gasteiger partial charge is 0.276 e. The highest BCUT2D eigenvalue weighted by Crippen LogP contribution is 2.24. The van der Waals surface area contributed by atoms with E-state index < -0.39 is 4.92 Å². The molecule has 0 radical (unpaired) electrons. The van der Waals surface area contributed by atoms with Gasteiger partial charge in [0, 0.05) is 10.6 Å². The van der Waals surface area contributed by atoms with E-state index in [1.54, 1.807) is 11.8 Å². The van der Waals surface area contributed by atoms with Crippen molar-refractivity contribution < 1.29 is 4.92 Å². The summed E-state index contributed by atoms with van der Waals surface area (Å²) in [5.41, 5.74) is 3.01. The first-order valence-electron chi connectivity index (χ1n) is 5.66. The van der Waals surface area contributed by atoms with Gasteiger partial charge in [0.2, 0.25) is 0 Å². The Morgan fingerprint density at radius 2 is 1.90 bits per heavy atom. The van der Waals surface area contributed by atoms with Crippen molar-refractivity contribution in [3.05, 3.63) is 46.5 Å². The molecular weight excluding hydrogens is 278 g/mol. The number of pyridine rings is 1. The summed E-state index contributed by atoms with van der Waals surface area (Å²) in [6.07, 6.45) is 1.99. The number of nitrogens with zero attached hydrogens (tertiary/aromatic N) is 2. The van der Waals surface area contributed by atoms with Crippen LogP contribution >= 0.6 is 11.8 Å². The number of nitrogen functional groups attached to an aromatic ring is 1. The first kappa shape index (κ1) is 14.1. The number of thioether (sulfide) groups is 1. The van der Waals surface area contributed by atoms with Crippen molar-refractivity contribution in [1.29, 1.82) is 0 Å². The van der Waals surface area contributed by atoms with Crippen LogP contribution < -0.4 is 16.6 Å². The molecule has 0 spiro atoms. The third-order valence-corrected chi connectivity index (χ3v) is 3.27. The first-order valence-corrected chi connectivity index (χ1v) is 6.89. The van der Waals surface area contributed by atoms with Crippen LogP contribution in [0, 0.1) is 10.1 Å². The second-order valence-electron chi connectivity index (χ2n) is 3.85. The zero-order valence-corrected chi connectivity index (χ0v) is 11.5. The Kier molecular flexibility index (Phi) is 4.38. The van der Waals surface area contributed by atoms with Gasteiger partial charge in [-0.15, -0.1) is 11.8 Å². The van der Waals surface area contributed by atoms with Gasteiger partial charge in [0.05, 0.1) is 17.1 Å². The van der Waals surface area contributed by atoms with Crippen molar-refractivity contribution in [1.82, 2.24) is 4.98 Å². The number of aromatic nitrogens is 1. The minimum Gasteiger partial charge on any atom is -0.340 e. The molecule has 1 aromatic heterocycles. The van der Waals surface area contributed by atoms with Gasteiger partial charge in [-0.3, -0.25) is 10.1 Å². The van der Waals surface area contributed by atoms with Gasteiger partial charge in [0.25, 0.3) is 5.69 Å². The zero-order chi connectivity index (χ0) is 14.5. The lowest BCUT2D eigenvalue weighted by atomic mass is 10.3. The maximum absolute atomic E-state index is 10.8. The predicted octanol–water partition coefficient (Wildman–Crippen LogP) is 2.74. The first-order chi connectivity index (χ1) is 9.62. The van der Waals surface area contributed by atoms with Crippen molar-refractivity contribution in [2.24, 2.45) is 5.84 Å². The zero-order valence-electron chi connectivity index (χ0n) is 10.7. The Morgan fingerprint density at radius 1 is 1.25 bits per heavy atom. The molecule has 7 nitrogen and oxygen atoms in total. The number of rotatable bonds is 5. The molecule has 1 heterocycles. The average molecular weight is 291 g/mol. The van der Waals surface area contributed by atoms with Crippen LogP contribution in [0.1, 0.15) is 0 Å². The lowest BCUT2D eigenvalue weighted by Gasteiger charge is -2.08. The molecule has 0 aliphatic carbocycles.